The van der Waals surface area contributed by atoms with Crippen LogP contribution >= 0.6 is 11.6 Å². The number of benzene rings is 1. The van der Waals surface area contributed by atoms with E-state index < -0.39 is 0 Å². The van der Waals surface area contributed by atoms with E-state index in [9.17, 15) is 0 Å². The molecule has 0 unspecified atom stereocenters. The van der Waals surface area contributed by atoms with Gasteiger partial charge in [-0.3, -0.25) is 0 Å². The number of rotatable bonds is 5. The van der Waals surface area contributed by atoms with Gasteiger partial charge in [-0.2, -0.15) is 5.10 Å². The maximum Gasteiger partial charge on any atom is 0.163 e. The topological polar surface area (TPSA) is 52.8 Å². The van der Waals surface area contributed by atoms with Crippen molar-refractivity contribution in [3.63, 3.8) is 0 Å². The second-order valence-electron chi connectivity index (χ2n) is 6.88. The molecular weight excluding hydrogens is 336 g/mol. The summed E-state index contributed by atoms with van der Waals surface area (Å²) in [4.78, 5) is 9.24. The fraction of sp³-hybridized carbons (Fsp3) is 0.421. The van der Waals surface area contributed by atoms with Gasteiger partial charge in [0.2, 0.25) is 0 Å². The fourth-order valence-corrected chi connectivity index (χ4v) is 3.39. The molecule has 2 aromatic heterocycles. The number of fused-ring (bicyclic) bond motifs is 1. The van der Waals surface area contributed by atoms with Gasteiger partial charge in [0, 0.05) is 12.0 Å². The molecule has 0 bridgehead atoms. The lowest BCUT2D eigenvalue weighted by atomic mass is 9.81. The normalized spacial score (nSPS) is 20.2. The Bertz CT molecular complexity index is 872. The Morgan fingerprint density at radius 1 is 1.20 bits per heavy atom. The Labute approximate surface area is 152 Å². The maximum atomic E-state index is 6.35. The highest BCUT2D eigenvalue weighted by molar-refractivity contribution is 6.33. The summed E-state index contributed by atoms with van der Waals surface area (Å²) in [6.45, 7) is 4.82. The van der Waals surface area contributed by atoms with E-state index in [2.05, 4.69) is 36.1 Å². The monoisotopic (exact) mass is 356 g/mol. The molecule has 1 fully saturated rings. The highest BCUT2D eigenvalue weighted by atomic mass is 35.5. The number of hydrogen-bond donors (Lipinski definition) is 0. The van der Waals surface area contributed by atoms with Crippen LogP contribution in [-0.4, -0.2) is 25.9 Å². The number of nitrogens with zero attached hydrogens (tertiary/aromatic N) is 4. The first-order valence-electron chi connectivity index (χ1n) is 8.68. The van der Waals surface area contributed by atoms with Crippen molar-refractivity contribution < 1.29 is 4.74 Å². The Balaban J connectivity index is 1.44. The van der Waals surface area contributed by atoms with Gasteiger partial charge in [-0.05, 0) is 32.3 Å². The van der Waals surface area contributed by atoms with Crippen LogP contribution in [0.3, 0.4) is 0 Å². The molecule has 1 aliphatic carbocycles. The molecule has 6 heteroatoms. The van der Waals surface area contributed by atoms with Crippen molar-refractivity contribution >= 4 is 22.6 Å². The molecule has 2 heterocycles. The van der Waals surface area contributed by atoms with Crippen molar-refractivity contribution in [3.05, 3.63) is 53.1 Å². The minimum atomic E-state index is 0.236. The molecule has 25 heavy (non-hydrogen) atoms. The van der Waals surface area contributed by atoms with Crippen LogP contribution in [0.1, 0.15) is 50.0 Å². The molecule has 0 amide bonds. The molecule has 130 valence electrons. The van der Waals surface area contributed by atoms with E-state index in [1.165, 1.54) is 5.56 Å². The van der Waals surface area contributed by atoms with Crippen LogP contribution in [-0.2, 0) is 11.3 Å². The summed E-state index contributed by atoms with van der Waals surface area (Å²) in [7, 11) is 0. The first kappa shape index (κ1) is 16.5. The zero-order valence-corrected chi connectivity index (χ0v) is 15.1. The average Bonchev–Trinajstić information content (AvgIpc) is 2.99. The van der Waals surface area contributed by atoms with Crippen LogP contribution in [0.5, 0.6) is 0 Å². The fourth-order valence-electron chi connectivity index (χ4n) is 3.17. The molecule has 1 saturated carbocycles. The van der Waals surface area contributed by atoms with Crippen LogP contribution in [0, 0.1) is 0 Å². The van der Waals surface area contributed by atoms with E-state index in [0.29, 0.717) is 17.7 Å². The van der Waals surface area contributed by atoms with Crippen molar-refractivity contribution in [1.29, 1.82) is 0 Å². The lowest BCUT2D eigenvalue weighted by Gasteiger charge is -2.34. The van der Waals surface area contributed by atoms with Gasteiger partial charge in [-0.25, -0.2) is 14.6 Å². The average molecular weight is 357 g/mol. The van der Waals surface area contributed by atoms with Gasteiger partial charge in [0.1, 0.15) is 11.0 Å². The third-order valence-electron chi connectivity index (χ3n) is 4.70. The summed E-state index contributed by atoms with van der Waals surface area (Å²) in [5.41, 5.74) is 2.02. The van der Waals surface area contributed by atoms with Gasteiger partial charge < -0.3 is 4.74 Å². The molecule has 0 spiro atoms. The standard InChI is InChI=1S/C19H21ClN4O/c1-12(2)24-19-16(10-21-24)17(20)22-18(23-19)14-8-15(9-14)25-11-13-6-4-3-5-7-13/h3-7,10,12,14-15H,8-9,11H2,1-2H3. The Morgan fingerprint density at radius 3 is 2.68 bits per heavy atom. The largest absolute Gasteiger partial charge is 0.373 e. The van der Waals surface area contributed by atoms with Crippen molar-refractivity contribution in [2.24, 2.45) is 0 Å². The molecule has 0 radical (unpaired) electrons. The summed E-state index contributed by atoms with van der Waals surface area (Å²) in [5.74, 6) is 1.11. The third-order valence-corrected chi connectivity index (χ3v) is 4.99. The van der Waals surface area contributed by atoms with Crippen LogP contribution in [0.15, 0.2) is 36.5 Å². The molecule has 1 aromatic carbocycles. The Morgan fingerprint density at radius 2 is 1.96 bits per heavy atom. The number of hydrogen-bond acceptors (Lipinski definition) is 4. The molecule has 0 saturated heterocycles. The lowest BCUT2D eigenvalue weighted by molar-refractivity contribution is -0.0222. The van der Waals surface area contributed by atoms with E-state index in [-0.39, 0.29) is 12.1 Å². The number of halogens is 1. The first-order chi connectivity index (χ1) is 12.1. The van der Waals surface area contributed by atoms with Crippen molar-refractivity contribution in [1.82, 2.24) is 19.7 Å². The molecular formula is C19H21ClN4O. The van der Waals surface area contributed by atoms with E-state index >= 15 is 0 Å². The van der Waals surface area contributed by atoms with E-state index in [1.807, 2.05) is 22.9 Å². The van der Waals surface area contributed by atoms with Crippen molar-refractivity contribution in [3.8, 4) is 0 Å². The molecule has 1 aliphatic rings. The van der Waals surface area contributed by atoms with E-state index in [0.717, 1.165) is 29.7 Å². The molecule has 5 nitrogen and oxygen atoms in total. The summed E-state index contributed by atoms with van der Waals surface area (Å²) < 4.78 is 7.87. The van der Waals surface area contributed by atoms with E-state index in [4.69, 9.17) is 21.3 Å². The number of aromatic nitrogens is 4. The van der Waals surface area contributed by atoms with Gasteiger partial charge in [0.05, 0.1) is 24.3 Å². The molecule has 4 rings (SSSR count). The predicted molar refractivity (Wildman–Crippen MR) is 97.7 cm³/mol. The van der Waals surface area contributed by atoms with Gasteiger partial charge in [-0.1, -0.05) is 41.9 Å². The number of ether oxygens (including phenoxy) is 1. The third kappa shape index (κ3) is 3.26. The van der Waals surface area contributed by atoms with Crippen LogP contribution in [0.25, 0.3) is 11.0 Å². The summed E-state index contributed by atoms with van der Waals surface area (Å²) in [5, 5.41) is 5.68. The molecule has 0 aliphatic heterocycles. The van der Waals surface area contributed by atoms with Crippen molar-refractivity contribution in [2.75, 3.05) is 0 Å². The van der Waals surface area contributed by atoms with Gasteiger partial charge in [0.15, 0.2) is 5.65 Å². The quantitative estimate of drug-likeness (QED) is 0.630. The summed E-state index contributed by atoms with van der Waals surface area (Å²) in [6.07, 6.45) is 3.88. The zero-order valence-electron chi connectivity index (χ0n) is 14.4. The van der Waals surface area contributed by atoms with Gasteiger partial charge >= 0.3 is 0 Å². The second kappa shape index (κ2) is 6.73. The van der Waals surface area contributed by atoms with Crippen LogP contribution < -0.4 is 0 Å². The lowest BCUT2D eigenvalue weighted by Crippen LogP contribution is -2.31. The highest BCUT2D eigenvalue weighted by Gasteiger charge is 2.34. The van der Waals surface area contributed by atoms with E-state index in [1.54, 1.807) is 6.20 Å². The minimum Gasteiger partial charge on any atom is -0.373 e. The second-order valence-corrected chi connectivity index (χ2v) is 7.24. The van der Waals surface area contributed by atoms with Crippen molar-refractivity contribution in [2.45, 2.75) is 51.4 Å². The van der Waals surface area contributed by atoms with Gasteiger partial charge in [0.25, 0.3) is 0 Å². The molecule has 0 atom stereocenters. The maximum absolute atomic E-state index is 6.35. The highest BCUT2D eigenvalue weighted by Crippen LogP contribution is 2.38. The Hall–Kier alpha value is -1.98. The first-order valence-corrected chi connectivity index (χ1v) is 9.06. The molecule has 0 N–H and O–H groups in total. The summed E-state index contributed by atoms with van der Waals surface area (Å²) in [6, 6.07) is 10.5. The predicted octanol–water partition coefficient (Wildman–Crippen LogP) is 4.52. The summed E-state index contributed by atoms with van der Waals surface area (Å²) >= 11 is 6.35. The Kier molecular flexibility index (Phi) is 4.44. The smallest absolute Gasteiger partial charge is 0.163 e. The van der Waals surface area contributed by atoms with Crippen LogP contribution in [0.2, 0.25) is 5.15 Å². The minimum absolute atomic E-state index is 0.236. The van der Waals surface area contributed by atoms with Gasteiger partial charge in [-0.15, -0.1) is 0 Å². The SMILES string of the molecule is CC(C)n1ncc2c(Cl)nc(C3CC(OCc4ccccc4)C3)nc21. The zero-order chi connectivity index (χ0) is 17.4. The molecule has 3 aromatic rings. The van der Waals surface area contributed by atoms with Crippen LogP contribution in [0.4, 0.5) is 0 Å².